The normalized spacial score (nSPS) is 14.1. The van der Waals surface area contributed by atoms with E-state index in [2.05, 4.69) is 21.2 Å². The minimum Gasteiger partial charge on any atom is -0.469 e. The van der Waals surface area contributed by atoms with E-state index in [4.69, 9.17) is 4.74 Å². The minimum absolute atomic E-state index is 0.0783. The summed E-state index contributed by atoms with van der Waals surface area (Å²) in [4.78, 5) is 11.4. The lowest BCUT2D eigenvalue weighted by Gasteiger charge is -2.19. The number of hydrogen-bond acceptors (Lipinski definition) is 3. The number of halogens is 1. The van der Waals surface area contributed by atoms with Gasteiger partial charge in [-0.15, -0.1) is 0 Å². The maximum atomic E-state index is 11.4. The molecule has 1 aromatic rings. The monoisotopic (exact) mass is 299 g/mol. The molecule has 0 aliphatic carbocycles. The topological polar surface area (TPSA) is 38.3 Å². The molecule has 0 heterocycles. The van der Waals surface area contributed by atoms with Crippen molar-refractivity contribution >= 4 is 21.9 Å². The Labute approximate surface area is 111 Å². The van der Waals surface area contributed by atoms with E-state index in [1.165, 1.54) is 12.7 Å². The van der Waals surface area contributed by atoms with E-state index >= 15 is 0 Å². The van der Waals surface area contributed by atoms with Gasteiger partial charge in [0, 0.05) is 17.1 Å². The molecule has 0 spiro atoms. The van der Waals surface area contributed by atoms with Gasteiger partial charge in [-0.3, -0.25) is 4.79 Å². The van der Waals surface area contributed by atoms with Crippen molar-refractivity contribution in [3.8, 4) is 0 Å². The molecule has 0 aliphatic rings. The summed E-state index contributed by atoms with van der Waals surface area (Å²) in [5.41, 5.74) is 1.18. The van der Waals surface area contributed by atoms with E-state index in [1.807, 2.05) is 38.1 Å². The van der Waals surface area contributed by atoms with Gasteiger partial charge in [0.15, 0.2) is 0 Å². The number of methoxy groups -OCH3 is 1. The van der Waals surface area contributed by atoms with E-state index in [0.717, 1.165) is 11.0 Å². The van der Waals surface area contributed by atoms with Gasteiger partial charge in [-0.2, -0.15) is 0 Å². The first-order valence-electron chi connectivity index (χ1n) is 5.61. The van der Waals surface area contributed by atoms with Crippen molar-refractivity contribution in [3.05, 3.63) is 34.3 Å². The molecule has 4 heteroatoms. The molecule has 0 aliphatic heterocycles. The fourth-order valence-electron chi connectivity index (χ4n) is 1.48. The predicted octanol–water partition coefficient (Wildman–Crippen LogP) is 2.74. The molecule has 0 radical (unpaired) electrons. The zero-order valence-corrected chi connectivity index (χ0v) is 12.0. The van der Waals surface area contributed by atoms with Crippen molar-refractivity contribution < 1.29 is 9.53 Å². The van der Waals surface area contributed by atoms with Crippen LogP contribution in [0.3, 0.4) is 0 Å². The van der Waals surface area contributed by atoms with Crippen LogP contribution in [-0.4, -0.2) is 19.1 Å². The summed E-state index contributed by atoms with van der Waals surface area (Å²) in [5.74, 6) is -0.334. The van der Waals surface area contributed by atoms with Crippen LogP contribution in [-0.2, 0) is 16.1 Å². The zero-order valence-electron chi connectivity index (χ0n) is 10.4. The van der Waals surface area contributed by atoms with Gasteiger partial charge in [-0.05, 0) is 18.6 Å². The Kier molecular flexibility index (Phi) is 5.65. The number of carbonyl (C=O) groups is 1. The average Bonchev–Trinajstić information content (AvgIpc) is 2.35. The fourth-order valence-corrected chi connectivity index (χ4v) is 1.90. The van der Waals surface area contributed by atoms with Crippen molar-refractivity contribution in [2.75, 3.05) is 7.11 Å². The van der Waals surface area contributed by atoms with Gasteiger partial charge < -0.3 is 10.1 Å². The first-order valence-corrected chi connectivity index (χ1v) is 6.40. The molecule has 2 unspecified atom stereocenters. The Bertz CT molecular complexity index is 381. The van der Waals surface area contributed by atoms with Crippen LogP contribution in [0, 0.1) is 5.92 Å². The Morgan fingerprint density at radius 1 is 1.41 bits per heavy atom. The van der Waals surface area contributed by atoms with Gasteiger partial charge in [0.1, 0.15) is 0 Å². The summed E-state index contributed by atoms with van der Waals surface area (Å²) >= 11 is 3.49. The summed E-state index contributed by atoms with van der Waals surface area (Å²) in [7, 11) is 1.42. The number of esters is 1. The van der Waals surface area contributed by atoms with Crippen molar-refractivity contribution in [1.82, 2.24) is 5.32 Å². The molecule has 0 amide bonds. The molecule has 1 rings (SSSR count). The quantitative estimate of drug-likeness (QED) is 0.850. The number of benzene rings is 1. The van der Waals surface area contributed by atoms with Gasteiger partial charge >= 0.3 is 5.97 Å². The van der Waals surface area contributed by atoms with Crippen LogP contribution >= 0.6 is 15.9 Å². The van der Waals surface area contributed by atoms with Gasteiger partial charge in [-0.25, -0.2) is 0 Å². The molecule has 94 valence electrons. The lowest BCUT2D eigenvalue weighted by atomic mass is 10.0. The van der Waals surface area contributed by atoms with Gasteiger partial charge in [0.25, 0.3) is 0 Å². The van der Waals surface area contributed by atoms with Crippen molar-refractivity contribution in [2.45, 2.75) is 26.4 Å². The van der Waals surface area contributed by atoms with E-state index < -0.39 is 0 Å². The molecule has 0 bridgehead atoms. The number of nitrogens with one attached hydrogen (secondary N) is 1. The van der Waals surface area contributed by atoms with E-state index in [9.17, 15) is 4.79 Å². The Balaban J connectivity index is 2.51. The summed E-state index contributed by atoms with van der Waals surface area (Å²) in [5, 5.41) is 3.32. The Morgan fingerprint density at radius 3 is 2.65 bits per heavy atom. The summed E-state index contributed by atoms with van der Waals surface area (Å²) in [6.07, 6.45) is 0. The van der Waals surface area contributed by atoms with E-state index in [1.54, 1.807) is 0 Å². The van der Waals surface area contributed by atoms with Crippen molar-refractivity contribution in [1.29, 1.82) is 0 Å². The molecule has 17 heavy (non-hydrogen) atoms. The second-order valence-electron chi connectivity index (χ2n) is 4.07. The molecule has 3 nitrogen and oxygen atoms in total. The second kappa shape index (κ2) is 6.77. The number of hydrogen-bond donors (Lipinski definition) is 1. The third-order valence-corrected chi connectivity index (χ3v) is 3.67. The highest BCUT2D eigenvalue weighted by molar-refractivity contribution is 9.10. The maximum absolute atomic E-state index is 11.4. The highest BCUT2D eigenvalue weighted by Gasteiger charge is 2.20. The first-order chi connectivity index (χ1) is 8.06. The lowest BCUT2D eigenvalue weighted by molar-refractivity contribution is -0.145. The van der Waals surface area contributed by atoms with Crippen LogP contribution in [0.15, 0.2) is 28.7 Å². The smallest absolute Gasteiger partial charge is 0.309 e. The standard InChI is InChI=1S/C13H18BrNO2/c1-9(13(16)17-3)10(2)15-8-11-6-4-5-7-12(11)14/h4-7,9-10,15H,8H2,1-3H3. The third kappa shape index (κ3) is 4.13. The van der Waals surface area contributed by atoms with Crippen LogP contribution in [0.4, 0.5) is 0 Å². The summed E-state index contributed by atoms with van der Waals surface area (Å²) < 4.78 is 5.80. The average molecular weight is 300 g/mol. The Morgan fingerprint density at radius 2 is 2.06 bits per heavy atom. The predicted molar refractivity (Wildman–Crippen MR) is 71.6 cm³/mol. The minimum atomic E-state index is -0.183. The molecular formula is C13H18BrNO2. The van der Waals surface area contributed by atoms with Gasteiger partial charge in [-0.1, -0.05) is 41.1 Å². The van der Waals surface area contributed by atoms with Crippen LogP contribution in [0.25, 0.3) is 0 Å². The van der Waals surface area contributed by atoms with E-state index in [-0.39, 0.29) is 17.9 Å². The summed E-state index contributed by atoms with van der Waals surface area (Å²) in [6.45, 7) is 4.58. The molecule has 1 N–H and O–H groups in total. The van der Waals surface area contributed by atoms with Crippen LogP contribution in [0.2, 0.25) is 0 Å². The second-order valence-corrected chi connectivity index (χ2v) is 4.93. The highest BCUT2D eigenvalue weighted by atomic mass is 79.9. The number of carbonyl (C=O) groups excluding carboxylic acids is 1. The molecule has 0 saturated heterocycles. The lowest BCUT2D eigenvalue weighted by Crippen LogP contribution is -2.36. The zero-order chi connectivity index (χ0) is 12.8. The summed E-state index contributed by atoms with van der Waals surface area (Å²) in [6, 6.07) is 8.11. The number of ether oxygens (including phenoxy) is 1. The SMILES string of the molecule is COC(=O)C(C)C(C)NCc1ccccc1Br. The molecule has 2 atom stereocenters. The maximum Gasteiger partial charge on any atom is 0.309 e. The van der Waals surface area contributed by atoms with Crippen molar-refractivity contribution in [2.24, 2.45) is 5.92 Å². The largest absolute Gasteiger partial charge is 0.469 e. The highest BCUT2D eigenvalue weighted by Crippen LogP contribution is 2.16. The van der Waals surface area contributed by atoms with Gasteiger partial charge in [0.2, 0.25) is 0 Å². The molecule has 0 saturated carbocycles. The Hall–Kier alpha value is -0.870. The molecule has 1 aromatic carbocycles. The van der Waals surface area contributed by atoms with Crippen molar-refractivity contribution in [3.63, 3.8) is 0 Å². The first kappa shape index (κ1) is 14.2. The fraction of sp³-hybridized carbons (Fsp3) is 0.462. The van der Waals surface area contributed by atoms with Crippen LogP contribution in [0.5, 0.6) is 0 Å². The molecular weight excluding hydrogens is 282 g/mol. The van der Waals surface area contributed by atoms with Crippen LogP contribution < -0.4 is 5.32 Å². The van der Waals surface area contributed by atoms with E-state index in [0.29, 0.717) is 0 Å². The number of rotatable bonds is 5. The molecule has 0 fully saturated rings. The van der Waals surface area contributed by atoms with Crippen LogP contribution in [0.1, 0.15) is 19.4 Å². The molecule has 0 aromatic heterocycles. The third-order valence-electron chi connectivity index (χ3n) is 2.90. The van der Waals surface area contributed by atoms with Gasteiger partial charge in [0.05, 0.1) is 13.0 Å².